The number of aromatic nitrogens is 1. The molecule has 15 nitrogen and oxygen atoms in total. The molecule has 1 aromatic heterocycles. The first-order valence-corrected chi connectivity index (χ1v) is 19.5. The summed E-state index contributed by atoms with van der Waals surface area (Å²) >= 11 is 0. The second kappa shape index (κ2) is 18.4. The molecule has 3 saturated heterocycles. The van der Waals surface area contributed by atoms with Gasteiger partial charge in [0.1, 0.15) is 24.2 Å². The smallest absolute Gasteiger partial charge is 0.417 e. The number of carbonyl (C=O) groups is 4. The van der Waals surface area contributed by atoms with E-state index in [1.807, 2.05) is 30.3 Å². The van der Waals surface area contributed by atoms with Crippen LogP contribution in [0.15, 0.2) is 60.7 Å². The van der Waals surface area contributed by atoms with Crippen LogP contribution < -0.4 is 25.2 Å². The van der Waals surface area contributed by atoms with Gasteiger partial charge in [-0.2, -0.15) is 18.4 Å². The number of nitrogens with one attached hydrogen (secondary N) is 2. The van der Waals surface area contributed by atoms with Gasteiger partial charge in [-0.15, -0.1) is 0 Å². The minimum atomic E-state index is -4.79. The second-order valence-corrected chi connectivity index (χ2v) is 15.2. The number of carbonyl (C=O) groups excluding carboxylic acids is 4. The molecule has 0 saturated carbocycles. The maximum Gasteiger partial charge on any atom is 0.417 e. The number of hydrogen-bond donors (Lipinski definition) is 3. The molecule has 3 N–H and O–H groups in total. The van der Waals surface area contributed by atoms with E-state index < -0.39 is 47.4 Å². The Balaban J connectivity index is 0.889. The van der Waals surface area contributed by atoms with E-state index in [2.05, 4.69) is 30.2 Å². The number of benzene rings is 2. The third-order valence-corrected chi connectivity index (χ3v) is 10.9. The molecule has 0 bridgehead atoms. The summed E-state index contributed by atoms with van der Waals surface area (Å²) in [6.45, 7) is 9.49. The SMILES string of the molecule is CN(C(=O)Cc1cccc(N2CCN(CCN3CCN(c4ccc(OC[C@](C)(O)C(=O)Nc5ccc(C#N)c(C(F)(F)F)c5)cc4)CC3)CC2)n1)C1CCC(=O)NC1=O. The molecule has 0 radical (unpaired) electrons. The first-order valence-electron chi connectivity index (χ1n) is 19.5. The topological polar surface area (TPSA) is 175 Å². The van der Waals surface area contributed by atoms with Crippen molar-refractivity contribution in [2.75, 3.05) is 94.2 Å². The average molecular weight is 820 g/mol. The zero-order chi connectivity index (χ0) is 42.3. The molecule has 4 heterocycles. The summed E-state index contributed by atoms with van der Waals surface area (Å²) in [5.41, 5.74) is -2.42. The largest absolute Gasteiger partial charge is 0.490 e. The fourth-order valence-electron chi connectivity index (χ4n) is 7.22. The lowest BCUT2D eigenvalue weighted by molar-refractivity contribution is -0.144. The maximum atomic E-state index is 13.3. The summed E-state index contributed by atoms with van der Waals surface area (Å²) < 4.78 is 45.7. The number of imide groups is 1. The number of alkyl halides is 3. The highest BCUT2D eigenvalue weighted by atomic mass is 19.4. The van der Waals surface area contributed by atoms with Crippen molar-refractivity contribution in [1.82, 2.24) is 25.0 Å². The molecular weight excluding hydrogens is 772 g/mol. The molecule has 2 aromatic carbocycles. The Morgan fingerprint density at radius 2 is 1.61 bits per heavy atom. The van der Waals surface area contributed by atoms with Gasteiger partial charge in [0.15, 0.2) is 5.60 Å². The van der Waals surface area contributed by atoms with Gasteiger partial charge in [-0.3, -0.25) is 34.3 Å². The number of hydrogen-bond acceptors (Lipinski definition) is 12. The summed E-state index contributed by atoms with van der Waals surface area (Å²) in [5, 5.41) is 24.3. The lowest BCUT2D eigenvalue weighted by Crippen LogP contribution is -2.53. The second-order valence-electron chi connectivity index (χ2n) is 15.2. The number of anilines is 3. The molecule has 1 unspecified atom stereocenters. The number of rotatable bonds is 13. The van der Waals surface area contributed by atoms with Crippen LogP contribution in [0.1, 0.15) is 36.6 Å². The molecular formula is C41H48F3N9O6. The Morgan fingerprint density at radius 3 is 2.22 bits per heavy atom. The number of halogens is 3. The van der Waals surface area contributed by atoms with Gasteiger partial charge in [0.2, 0.25) is 17.7 Å². The van der Waals surface area contributed by atoms with E-state index in [4.69, 9.17) is 15.0 Å². The van der Waals surface area contributed by atoms with Gasteiger partial charge < -0.3 is 29.9 Å². The normalized spacial score (nSPS) is 19.0. The van der Waals surface area contributed by atoms with E-state index >= 15 is 0 Å². The Labute approximate surface area is 340 Å². The number of pyridine rings is 1. The number of likely N-dealkylation sites (N-methyl/N-ethyl adjacent to an activating group) is 1. The predicted octanol–water partition coefficient (Wildman–Crippen LogP) is 2.49. The molecule has 2 atom stereocenters. The third-order valence-electron chi connectivity index (χ3n) is 10.9. The van der Waals surface area contributed by atoms with Crippen LogP contribution in [0.5, 0.6) is 5.75 Å². The number of nitrogens with zero attached hydrogens (tertiary/aromatic N) is 7. The molecule has 3 fully saturated rings. The molecule has 3 aromatic rings. The lowest BCUT2D eigenvalue weighted by atomic mass is 10.0. The minimum Gasteiger partial charge on any atom is -0.490 e. The van der Waals surface area contributed by atoms with Gasteiger partial charge in [-0.1, -0.05) is 6.07 Å². The standard InChI is InChI=1S/C41H48F3N9O6/c1-40(58,39(57)47-30-7-6-28(26-45)33(24-30)41(42,43)44)27-59-32-10-8-31(9-11-32)52-20-16-50(17-21-52)14-15-51-18-22-53(23-19-51)35-5-3-4-29(46-35)25-37(55)49(2)34-12-13-36(54)48-38(34)56/h3-11,24,34,58H,12-23,25,27H2,1-2H3,(H,47,57)(H,48,54,56)/t34?,40-/m0/s1. The van der Waals surface area contributed by atoms with Crippen LogP contribution in [0.4, 0.5) is 30.4 Å². The molecule has 18 heteroatoms. The molecule has 314 valence electrons. The number of nitriles is 1. The molecule has 3 aliphatic heterocycles. The Kier molecular flexibility index (Phi) is 13.4. The molecule has 4 amide bonds. The fraction of sp³-hybridized carbons (Fsp3) is 0.463. The molecule has 59 heavy (non-hydrogen) atoms. The van der Waals surface area contributed by atoms with E-state index in [0.717, 1.165) is 89.1 Å². The van der Waals surface area contributed by atoms with Gasteiger partial charge in [-0.05, 0) is 67.9 Å². The van der Waals surface area contributed by atoms with Crippen molar-refractivity contribution in [3.8, 4) is 11.8 Å². The zero-order valence-electron chi connectivity index (χ0n) is 33.0. The van der Waals surface area contributed by atoms with Crippen molar-refractivity contribution in [3.63, 3.8) is 0 Å². The van der Waals surface area contributed by atoms with Gasteiger partial charge >= 0.3 is 6.18 Å². The minimum absolute atomic E-state index is 0.0634. The first kappa shape index (κ1) is 42.8. The number of aliphatic hydroxyl groups is 1. The van der Waals surface area contributed by atoms with E-state index in [-0.39, 0.29) is 30.3 Å². The van der Waals surface area contributed by atoms with Crippen molar-refractivity contribution < 1.29 is 42.2 Å². The predicted molar refractivity (Wildman–Crippen MR) is 212 cm³/mol. The van der Waals surface area contributed by atoms with Crippen molar-refractivity contribution >= 4 is 40.8 Å². The molecule has 0 spiro atoms. The van der Waals surface area contributed by atoms with Crippen LogP contribution in [-0.2, 0) is 31.8 Å². The Bertz CT molecular complexity index is 2040. The summed E-state index contributed by atoms with van der Waals surface area (Å²) in [4.78, 5) is 65.0. The summed E-state index contributed by atoms with van der Waals surface area (Å²) in [7, 11) is 1.58. The van der Waals surface area contributed by atoms with Crippen LogP contribution in [-0.4, -0.2) is 139 Å². The summed E-state index contributed by atoms with van der Waals surface area (Å²) in [6.07, 6.45) is -4.21. The monoisotopic (exact) mass is 819 g/mol. The summed E-state index contributed by atoms with van der Waals surface area (Å²) in [6, 6.07) is 16.5. The third kappa shape index (κ3) is 11.0. The van der Waals surface area contributed by atoms with E-state index in [1.54, 1.807) is 19.2 Å². The fourth-order valence-corrected chi connectivity index (χ4v) is 7.22. The zero-order valence-corrected chi connectivity index (χ0v) is 33.0. The maximum absolute atomic E-state index is 13.3. The molecule has 0 aliphatic carbocycles. The van der Waals surface area contributed by atoms with Gasteiger partial charge in [0.25, 0.3) is 5.91 Å². The highest BCUT2D eigenvalue weighted by molar-refractivity contribution is 6.01. The molecule has 6 rings (SSSR count). The Morgan fingerprint density at radius 1 is 0.966 bits per heavy atom. The van der Waals surface area contributed by atoms with Crippen LogP contribution in [0.25, 0.3) is 0 Å². The average Bonchev–Trinajstić information content (AvgIpc) is 3.22. The van der Waals surface area contributed by atoms with Gasteiger partial charge in [0, 0.05) is 90.3 Å². The van der Waals surface area contributed by atoms with Crippen LogP contribution in [0.3, 0.4) is 0 Å². The van der Waals surface area contributed by atoms with E-state index in [0.29, 0.717) is 23.9 Å². The quantitative estimate of drug-likeness (QED) is 0.216. The number of ether oxygens (including phenoxy) is 1. The summed E-state index contributed by atoms with van der Waals surface area (Å²) in [5.74, 6) is -0.731. The Hall–Kier alpha value is -5.77. The van der Waals surface area contributed by atoms with Crippen molar-refractivity contribution in [3.05, 3.63) is 77.5 Å². The van der Waals surface area contributed by atoms with Crippen molar-refractivity contribution in [2.24, 2.45) is 0 Å². The number of amides is 4. The molecule has 3 aliphatic rings. The number of piperidine rings is 1. The van der Waals surface area contributed by atoms with Gasteiger partial charge in [0.05, 0.1) is 29.3 Å². The highest BCUT2D eigenvalue weighted by Gasteiger charge is 2.36. The highest BCUT2D eigenvalue weighted by Crippen LogP contribution is 2.34. The van der Waals surface area contributed by atoms with Crippen LogP contribution in [0, 0.1) is 11.3 Å². The first-order chi connectivity index (χ1) is 28.1. The van der Waals surface area contributed by atoms with Gasteiger partial charge in [-0.25, -0.2) is 4.98 Å². The van der Waals surface area contributed by atoms with Crippen LogP contribution in [0.2, 0.25) is 0 Å². The van der Waals surface area contributed by atoms with Crippen LogP contribution >= 0.6 is 0 Å². The van der Waals surface area contributed by atoms with Crippen molar-refractivity contribution in [1.29, 1.82) is 5.26 Å². The lowest BCUT2D eigenvalue weighted by Gasteiger charge is -2.39. The van der Waals surface area contributed by atoms with Crippen molar-refractivity contribution in [2.45, 2.75) is 44.0 Å². The van der Waals surface area contributed by atoms with E-state index in [1.165, 1.54) is 17.9 Å². The van der Waals surface area contributed by atoms with E-state index in [9.17, 15) is 37.5 Å². The number of piperazine rings is 2.